The van der Waals surface area contributed by atoms with E-state index in [2.05, 4.69) is 17.2 Å². The van der Waals surface area contributed by atoms with Crippen molar-refractivity contribution in [2.24, 2.45) is 0 Å². The largest absolute Gasteiger partial charge is 0.454 e. The van der Waals surface area contributed by atoms with Gasteiger partial charge in [-0.1, -0.05) is 30.7 Å². The van der Waals surface area contributed by atoms with E-state index in [-0.39, 0.29) is 0 Å². The first-order valence-corrected chi connectivity index (χ1v) is 7.09. The average Bonchev–Trinajstić information content (AvgIpc) is 2.44. The molecule has 0 bridgehead atoms. The van der Waals surface area contributed by atoms with Crippen molar-refractivity contribution in [3.63, 3.8) is 0 Å². The molecule has 2 aromatic rings. The van der Waals surface area contributed by atoms with Gasteiger partial charge in [-0.15, -0.1) is 0 Å². The topological polar surface area (TPSA) is 34.1 Å². The lowest BCUT2D eigenvalue weighted by Gasteiger charge is -2.15. The molecule has 0 amide bonds. The zero-order valence-corrected chi connectivity index (χ0v) is 12.8. The molecule has 0 aliphatic carbocycles. The van der Waals surface area contributed by atoms with E-state index in [1.54, 1.807) is 0 Å². The minimum absolute atomic E-state index is 0.611. The highest BCUT2D eigenvalue weighted by Crippen LogP contribution is 2.34. The lowest BCUT2D eigenvalue weighted by molar-refractivity contribution is 0.465. The van der Waals surface area contributed by atoms with Gasteiger partial charge < -0.3 is 10.1 Å². The highest BCUT2D eigenvalue weighted by atomic mass is 35.5. The van der Waals surface area contributed by atoms with Gasteiger partial charge in [0.1, 0.15) is 5.75 Å². The van der Waals surface area contributed by atoms with Gasteiger partial charge in [0.2, 0.25) is 0 Å². The van der Waals surface area contributed by atoms with Crippen LogP contribution in [0.25, 0.3) is 0 Å². The normalized spacial score (nSPS) is 10.6. The molecular formula is C16H19ClN2O. The van der Waals surface area contributed by atoms with E-state index in [0.717, 1.165) is 29.1 Å². The first-order valence-electron chi connectivity index (χ1n) is 6.72. The molecule has 1 aromatic heterocycles. The van der Waals surface area contributed by atoms with E-state index in [0.29, 0.717) is 17.3 Å². The number of para-hydroxylation sites is 1. The number of aromatic nitrogens is 1. The van der Waals surface area contributed by atoms with Gasteiger partial charge in [0.15, 0.2) is 5.75 Å². The van der Waals surface area contributed by atoms with Gasteiger partial charge in [-0.05, 0) is 38.6 Å². The second-order valence-corrected chi connectivity index (χ2v) is 5.02. The van der Waals surface area contributed by atoms with Crippen molar-refractivity contribution >= 4 is 11.6 Å². The number of hydrogen-bond donors (Lipinski definition) is 1. The van der Waals surface area contributed by atoms with Crippen molar-refractivity contribution in [1.82, 2.24) is 10.3 Å². The Morgan fingerprint density at radius 2 is 2.05 bits per heavy atom. The highest BCUT2D eigenvalue weighted by Gasteiger charge is 2.12. The fourth-order valence-corrected chi connectivity index (χ4v) is 2.28. The first-order chi connectivity index (χ1) is 9.65. The molecule has 0 unspecified atom stereocenters. The first kappa shape index (κ1) is 14.8. The van der Waals surface area contributed by atoms with Crippen molar-refractivity contribution in [3.05, 3.63) is 52.3 Å². The third kappa shape index (κ3) is 3.30. The van der Waals surface area contributed by atoms with Gasteiger partial charge in [0, 0.05) is 17.8 Å². The molecule has 2 rings (SSSR count). The molecule has 0 atom stereocenters. The number of hydrogen-bond acceptors (Lipinski definition) is 3. The molecule has 106 valence electrons. The average molecular weight is 291 g/mol. The van der Waals surface area contributed by atoms with Gasteiger partial charge >= 0.3 is 0 Å². The van der Waals surface area contributed by atoms with Crippen LogP contribution in [0.5, 0.6) is 11.5 Å². The van der Waals surface area contributed by atoms with Gasteiger partial charge in [-0.2, -0.15) is 0 Å². The molecule has 0 saturated heterocycles. The summed E-state index contributed by atoms with van der Waals surface area (Å²) in [6, 6.07) is 9.67. The molecule has 0 saturated carbocycles. The molecular weight excluding hydrogens is 272 g/mol. The van der Waals surface area contributed by atoms with E-state index in [1.807, 2.05) is 44.3 Å². The van der Waals surface area contributed by atoms with Gasteiger partial charge in [0.05, 0.1) is 10.7 Å². The SMILES string of the molecule is CCc1nc(C)ccc1Oc1c(Cl)cccc1CNC. The Bertz CT molecular complexity index is 599. The van der Waals surface area contributed by atoms with Crippen molar-refractivity contribution < 1.29 is 4.74 Å². The van der Waals surface area contributed by atoms with Gasteiger partial charge in [0.25, 0.3) is 0 Å². The van der Waals surface area contributed by atoms with Crippen molar-refractivity contribution in [1.29, 1.82) is 0 Å². The summed E-state index contributed by atoms with van der Waals surface area (Å²) in [5, 5.41) is 3.73. The summed E-state index contributed by atoms with van der Waals surface area (Å²) in [6.07, 6.45) is 0.822. The second kappa shape index (κ2) is 6.73. The molecule has 20 heavy (non-hydrogen) atoms. The monoisotopic (exact) mass is 290 g/mol. The van der Waals surface area contributed by atoms with E-state index in [4.69, 9.17) is 16.3 Å². The summed E-state index contributed by atoms with van der Waals surface area (Å²) < 4.78 is 6.04. The molecule has 0 radical (unpaired) electrons. The van der Waals surface area contributed by atoms with Gasteiger partial charge in [-0.3, -0.25) is 4.98 Å². The molecule has 0 aliphatic heterocycles. The predicted molar refractivity (Wildman–Crippen MR) is 82.6 cm³/mol. The summed E-state index contributed by atoms with van der Waals surface area (Å²) in [5.74, 6) is 1.47. The van der Waals surface area contributed by atoms with Crippen LogP contribution < -0.4 is 10.1 Å². The van der Waals surface area contributed by atoms with Crippen LogP contribution in [0.1, 0.15) is 23.9 Å². The van der Waals surface area contributed by atoms with Crippen LogP contribution in [0, 0.1) is 6.92 Å². The minimum Gasteiger partial charge on any atom is -0.454 e. The smallest absolute Gasteiger partial charge is 0.150 e. The number of aryl methyl sites for hydroxylation is 2. The lowest BCUT2D eigenvalue weighted by atomic mass is 10.2. The van der Waals surface area contributed by atoms with E-state index >= 15 is 0 Å². The fourth-order valence-electron chi connectivity index (χ4n) is 2.05. The number of halogens is 1. The van der Waals surface area contributed by atoms with E-state index in [1.165, 1.54) is 0 Å². The fraction of sp³-hybridized carbons (Fsp3) is 0.312. The van der Waals surface area contributed by atoms with E-state index in [9.17, 15) is 0 Å². The van der Waals surface area contributed by atoms with Crippen molar-refractivity contribution in [2.75, 3.05) is 7.05 Å². The zero-order valence-electron chi connectivity index (χ0n) is 12.0. The zero-order chi connectivity index (χ0) is 14.5. The Labute approximate surface area is 124 Å². The summed E-state index contributed by atoms with van der Waals surface area (Å²) in [5.41, 5.74) is 2.96. The molecule has 1 N–H and O–H groups in total. The Morgan fingerprint density at radius 1 is 1.25 bits per heavy atom. The third-order valence-corrected chi connectivity index (χ3v) is 3.33. The van der Waals surface area contributed by atoms with Crippen LogP contribution in [0.15, 0.2) is 30.3 Å². The number of rotatable bonds is 5. The number of ether oxygens (including phenoxy) is 1. The van der Waals surface area contributed by atoms with Crippen molar-refractivity contribution in [2.45, 2.75) is 26.8 Å². The molecule has 1 heterocycles. The Kier molecular flexibility index (Phi) is 4.99. The van der Waals surface area contributed by atoms with Gasteiger partial charge in [-0.25, -0.2) is 0 Å². The second-order valence-electron chi connectivity index (χ2n) is 4.61. The molecule has 3 nitrogen and oxygen atoms in total. The Hall–Kier alpha value is -1.58. The number of nitrogens with zero attached hydrogens (tertiary/aromatic N) is 1. The summed E-state index contributed by atoms with van der Waals surface area (Å²) in [7, 11) is 1.90. The molecule has 0 fully saturated rings. The number of benzene rings is 1. The third-order valence-electron chi connectivity index (χ3n) is 3.03. The molecule has 4 heteroatoms. The minimum atomic E-state index is 0.611. The number of pyridine rings is 1. The maximum absolute atomic E-state index is 6.27. The molecule has 0 spiro atoms. The van der Waals surface area contributed by atoms with Crippen molar-refractivity contribution in [3.8, 4) is 11.5 Å². The standard InChI is InChI=1S/C16H19ClN2O/c1-4-14-15(9-8-11(2)19-14)20-16-12(10-18-3)6-5-7-13(16)17/h5-9,18H,4,10H2,1-3H3. The Balaban J connectivity index is 2.39. The summed E-state index contributed by atoms with van der Waals surface area (Å²) in [6.45, 7) is 4.75. The highest BCUT2D eigenvalue weighted by molar-refractivity contribution is 6.32. The molecule has 0 aliphatic rings. The number of nitrogens with one attached hydrogen (secondary N) is 1. The van der Waals surface area contributed by atoms with Crippen LogP contribution in [0.3, 0.4) is 0 Å². The predicted octanol–water partition coefficient (Wildman–Crippen LogP) is 4.12. The van der Waals surface area contributed by atoms with Crippen LogP contribution in [-0.4, -0.2) is 12.0 Å². The summed E-state index contributed by atoms with van der Waals surface area (Å²) in [4.78, 5) is 4.51. The van der Waals surface area contributed by atoms with Crippen LogP contribution in [0.2, 0.25) is 5.02 Å². The molecule has 1 aromatic carbocycles. The quantitative estimate of drug-likeness (QED) is 0.899. The van der Waals surface area contributed by atoms with Crippen LogP contribution in [-0.2, 0) is 13.0 Å². The summed E-state index contributed by atoms with van der Waals surface area (Å²) >= 11 is 6.27. The maximum Gasteiger partial charge on any atom is 0.150 e. The van der Waals surface area contributed by atoms with E-state index < -0.39 is 0 Å². The Morgan fingerprint density at radius 3 is 2.75 bits per heavy atom. The van der Waals surface area contributed by atoms with Crippen LogP contribution >= 0.6 is 11.6 Å². The van der Waals surface area contributed by atoms with Crippen LogP contribution in [0.4, 0.5) is 0 Å². The lowest BCUT2D eigenvalue weighted by Crippen LogP contribution is -2.07. The maximum atomic E-state index is 6.27.